The van der Waals surface area contributed by atoms with Crippen LogP contribution in [0.15, 0.2) is 53.4 Å². The predicted molar refractivity (Wildman–Crippen MR) is 142 cm³/mol. The summed E-state index contributed by atoms with van der Waals surface area (Å²) in [6.45, 7) is 1.84. The lowest BCUT2D eigenvalue weighted by molar-refractivity contribution is -0.126. The summed E-state index contributed by atoms with van der Waals surface area (Å²) in [6, 6.07) is 12.1. The predicted octanol–water partition coefficient (Wildman–Crippen LogP) is 3.54. The molecule has 1 heterocycles. The molecule has 0 spiro atoms. The number of rotatable bonds is 10. The number of carbonyl (C=O) groups excluding carboxylic acids is 1. The molecule has 0 unspecified atom stereocenters. The Balaban J connectivity index is 1.31. The number of halogens is 1. The normalized spacial score (nSPS) is 19.3. The van der Waals surface area contributed by atoms with Crippen LogP contribution >= 0.6 is 0 Å². The zero-order valence-corrected chi connectivity index (χ0v) is 22.9. The van der Waals surface area contributed by atoms with Gasteiger partial charge in [0.1, 0.15) is 5.82 Å². The number of aromatic amines is 1. The van der Waals surface area contributed by atoms with E-state index in [1.807, 2.05) is 13.0 Å². The molecule has 1 aliphatic carbocycles. The zero-order valence-electron chi connectivity index (χ0n) is 21.2. The molecule has 4 rings (SSSR count). The molecule has 0 bridgehead atoms. The van der Waals surface area contributed by atoms with Crippen LogP contribution in [0, 0.1) is 11.7 Å². The van der Waals surface area contributed by atoms with Gasteiger partial charge in [0.15, 0.2) is 0 Å². The topological polar surface area (TPSA) is 134 Å². The van der Waals surface area contributed by atoms with Gasteiger partial charge in [-0.3, -0.25) is 8.98 Å². The van der Waals surface area contributed by atoms with Crippen molar-refractivity contribution >= 4 is 37.0 Å². The van der Waals surface area contributed by atoms with Crippen molar-refractivity contribution in [1.29, 1.82) is 0 Å². The maximum absolute atomic E-state index is 13.2. The molecule has 2 aromatic carbocycles. The number of sulfonamides is 1. The standard InChI is InChI=1S/C26H32FN3O6S2/c1-17(18-3-8-21(27)9-4-18)28-26(31)19-5-10-22(11-6-19)30-38(34,35)24-12-7-20-15-23(29-25(20)16-24)13-14-36-37(2,32)33/h3-4,7-9,12,15-17,19,22,29-30H,5-6,10-11,13-14H2,1-2H3,(H,28,31)/t17-,19?,22?/m1/s1. The summed E-state index contributed by atoms with van der Waals surface area (Å²) >= 11 is 0. The molecule has 1 amide bonds. The van der Waals surface area contributed by atoms with Crippen LogP contribution in [-0.2, 0) is 35.5 Å². The number of benzene rings is 2. The number of H-pyrrole nitrogens is 1. The van der Waals surface area contributed by atoms with Crippen molar-refractivity contribution in [1.82, 2.24) is 15.0 Å². The third-order valence-electron chi connectivity index (χ3n) is 6.78. The van der Waals surface area contributed by atoms with Crippen LogP contribution in [0.2, 0.25) is 0 Å². The van der Waals surface area contributed by atoms with Gasteiger partial charge < -0.3 is 10.3 Å². The highest BCUT2D eigenvalue weighted by Crippen LogP contribution is 2.27. The van der Waals surface area contributed by atoms with Crippen molar-refractivity contribution in [3.05, 3.63) is 65.6 Å². The van der Waals surface area contributed by atoms with Gasteiger partial charge >= 0.3 is 0 Å². The average molecular weight is 566 g/mol. The van der Waals surface area contributed by atoms with E-state index in [4.69, 9.17) is 4.18 Å². The maximum Gasteiger partial charge on any atom is 0.264 e. The summed E-state index contributed by atoms with van der Waals surface area (Å²) in [6.07, 6.45) is 3.52. The third kappa shape index (κ3) is 7.40. The molecule has 0 saturated heterocycles. The van der Waals surface area contributed by atoms with Crippen molar-refractivity contribution < 1.29 is 30.2 Å². The fourth-order valence-corrected chi connectivity index (χ4v) is 6.41. The molecule has 0 radical (unpaired) electrons. The summed E-state index contributed by atoms with van der Waals surface area (Å²) in [5.41, 5.74) is 2.17. The molecule has 1 atom stereocenters. The highest BCUT2D eigenvalue weighted by Gasteiger charge is 2.30. The van der Waals surface area contributed by atoms with Crippen molar-refractivity contribution in [2.45, 2.75) is 56.0 Å². The molecule has 12 heteroatoms. The van der Waals surface area contributed by atoms with E-state index in [0.717, 1.165) is 22.9 Å². The van der Waals surface area contributed by atoms with Crippen LogP contribution in [0.3, 0.4) is 0 Å². The number of aromatic nitrogens is 1. The molecule has 1 saturated carbocycles. The fraction of sp³-hybridized carbons (Fsp3) is 0.423. The number of nitrogens with one attached hydrogen (secondary N) is 3. The Morgan fingerprint density at radius 1 is 1.05 bits per heavy atom. The zero-order chi connectivity index (χ0) is 27.5. The number of fused-ring (bicyclic) bond motifs is 1. The van der Waals surface area contributed by atoms with Crippen molar-refractivity contribution in [3.8, 4) is 0 Å². The molecule has 1 fully saturated rings. The van der Waals surface area contributed by atoms with E-state index in [2.05, 4.69) is 15.0 Å². The van der Waals surface area contributed by atoms with E-state index >= 15 is 0 Å². The number of hydrogen-bond acceptors (Lipinski definition) is 6. The smallest absolute Gasteiger partial charge is 0.264 e. The van der Waals surface area contributed by atoms with Gasteiger partial charge in [0, 0.05) is 29.6 Å². The van der Waals surface area contributed by atoms with Gasteiger partial charge in [0.25, 0.3) is 10.1 Å². The Bertz CT molecular complexity index is 1500. The first-order valence-corrected chi connectivity index (χ1v) is 15.7. The first-order chi connectivity index (χ1) is 17.9. The first kappa shape index (κ1) is 28.2. The number of carbonyl (C=O) groups is 1. The molecule has 0 aliphatic heterocycles. The molecule has 206 valence electrons. The largest absolute Gasteiger partial charge is 0.358 e. The Morgan fingerprint density at radius 2 is 1.74 bits per heavy atom. The highest BCUT2D eigenvalue weighted by molar-refractivity contribution is 7.89. The van der Waals surface area contributed by atoms with Crippen LogP contribution in [0.25, 0.3) is 10.9 Å². The van der Waals surface area contributed by atoms with Crippen LogP contribution in [0.4, 0.5) is 4.39 Å². The van der Waals surface area contributed by atoms with E-state index in [9.17, 15) is 26.0 Å². The van der Waals surface area contributed by atoms with Crippen molar-refractivity contribution in [3.63, 3.8) is 0 Å². The monoisotopic (exact) mass is 565 g/mol. The van der Waals surface area contributed by atoms with Gasteiger partial charge in [-0.25, -0.2) is 17.5 Å². The van der Waals surface area contributed by atoms with E-state index in [1.54, 1.807) is 24.3 Å². The second kappa shape index (κ2) is 11.5. The Kier molecular flexibility index (Phi) is 8.55. The molecular weight excluding hydrogens is 533 g/mol. The van der Waals surface area contributed by atoms with Crippen LogP contribution in [0.5, 0.6) is 0 Å². The summed E-state index contributed by atoms with van der Waals surface area (Å²) in [7, 11) is -7.31. The van der Waals surface area contributed by atoms with E-state index in [0.29, 0.717) is 37.6 Å². The molecule has 38 heavy (non-hydrogen) atoms. The van der Waals surface area contributed by atoms with Crippen molar-refractivity contribution in [2.24, 2.45) is 5.92 Å². The van der Waals surface area contributed by atoms with Gasteiger partial charge in [-0.15, -0.1) is 0 Å². The lowest BCUT2D eigenvalue weighted by Gasteiger charge is -2.29. The summed E-state index contributed by atoms with van der Waals surface area (Å²) in [4.78, 5) is 16.0. The Labute approximate surface area is 222 Å². The Hall–Kier alpha value is -2.80. The SMILES string of the molecule is C[C@@H](NC(=O)C1CCC(NS(=O)(=O)c2ccc3cc(CCOS(C)(=O)=O)[nH]c3c2)CC1)c1ccc(F)cc1. The molecule has 1 aliphatic rings. The van der Waals surface area contributed by atoms with Crippen LogP contribution < -0.4 is 10.0 Å². The summed E-state index contributed by atoms with van der Waals surface area (Å²) in [5.74, 6) is -0.625. The van der Waals surface area contributed by atoms with Gasteiger partial charge in [0.2, 0.25) is 15.9 Å². The minimum absolute atomic E-state index is 0.00971. The molecular formula is C26H32FN3O6S2. The second-order valence-electron chi connectivity index (χ2n) is 9.77. The van der Waals surface area contributed by atoms with E-state index < -0.39 is 20.1 Å². The highest BCUT2D eigenvalue weighted by atomic mass is 32.2. The van der Waals surface area contributed by atoms with E-state index in [-0.39, 0.29) is 41.2 Å². The number of amides is 1. The van der Waals surface area contributed by atoms with E-state index in [1.165, 1.54) is 18.2 Å². The minimum Gasteiger partial charge on any atom is -0.358 e. The molecule has 9 nitrogen and oxygen atoms in total. The lowest BCUT2D eigenvalue weighted by Crippen LogP contribution is -2.41. The fourth-order valence-electron chi connectivity index (χ4n) is 4.70. The van der Waals surface area contributed by atoms with Gasteiger partial charge in [-0.1, -0.05) is 18.2 Å². The van der Waals surface area contributed by atoms with Gasteiger partial charge in [0.05, 0.1) is 23.8 Å². The second-order valence-corrected chi connectivity index (χ2v) is 13.1. The molecule has 3 aromatic rings. The third-order valence-corrected chi connectivity index (χ3v) is 8.89. The Morgan fingerprint density at radius 3 is 2.39 bits per heavy atom. The van der Waals surface area contributed by atoms with Gasteiger partial charge in [-0.05, 0) is 73.9 Å². The lowest BCUT2D eigenvalue weighted by atomic mass is 9.85. The van der Waals surface area contributed by atoms with Crippen LogP contribution in [-0.4, -0.2) is 46.6 Å². The molecule has 3 N–H and O–H groups in total. The maximum atomic E-state index is 13.2. The first-order valence-electron chi connectivity index (χ1n) is 12.4. The summed E-state index contributed by atoms with van der Waals surface area (Å²) < 4.78 is 69.1. The molecule has 1 aromatic heterocycles. The van der Waals surface area contributed by atoms with Crippen LogP contribution in [0.1, 0.15) is 49.9 Å². The average Bonchev–Trinajstić information content (AvgIpc) is 3.26. The number of hydrogen-bond donors (Lipinski definition) is 3. The summed E-state index contributed by atoms with van der Waals surface area (Å²) in [5, 5.41) is 3.78. The van der Waals surface area contributed by atoms with Gasteiger partial charge in [-0.2, -0.15) is 8.42 Å². The quantitative estimate of drug-likeness (QED) is 0.322. The van der Waals surface area contributed by atoms with Crippen molar-refractivity contribution in [2.75, 3.05) is 12.9 Å². The minimum atomic E-state index is -3.78.